The van der Waals surface area contributed by atoms with Crippen molar-refractivity contribution in [1.29, 1.82) is 0 Å². The van der Waals surface area contributed by atoms with Crippen LogP contribution >= 0.6 is 0 Å². The van der Waals surface area contributed by atoms with Crippen molar-refractivity contribution in [2.45, 2.75) is 5.51 Å². The molecule has 0 radical (unpaired) electrons. The molecule has 0 spiro atoms. The SMILES string of the molecule is O=S(=O)([O-])C(F)(F)F.[N-]=[N+]=N[I+]c1ccccc1C(=O)O. The number of benzene rings is 1. The summed E-state index contributed by atoms with van der Waals surface area (Å²) in [6.07, 6.45) is 0. The molecular formula is C8H5F3IN3O5S. The second kappa shape index (κ2) is 8.02. The van der Waals surface area contributed by atoms with E-state index >= 15 is 0 Å². The molecule has 0 aromatic heterocycles. The molecule has 0 aliphatic carbocycles. The third kappa shape index (κ3) is 7.12. The first-order valence-electron chi connectivity index (χ1n) is 4.53. The highest BCUT2D eigenvalue weighted by Crippen LogP contribution is 2.20. The van der Waals surface area contributed by atoms with Crippen LogP contribution in [0.5, 0.6) is 0 Å². The fraction of sp³-hybridized carbons (Fsp3) is 0.125. The largest absolute Gasteiger partial charge is 0.741 e. The molecule has 13 heteroatoms. The zero-order valence-corrected chi connectivity index (χ0v) is 12.6. The molecule has 1 aromatic rings. The predicted octanol–water partition coefficient (Wildman–Crippen LogP) is -1.08. The molecule has 8 nitrogen and oxygen atoms in total. The van der Waals surface area contributed by atoms with E-state index in [1.54, 1.807) is 18.2 Å². The average Bonchev–Trinajstić information content (AvgIpc) is 2.35. The number of carboxylic acids is 1. The van der Waals surface area contributed by atoms with Gasteiger partial charge in [-0.2, -0.15) is 13.2 Å². The van der Waals surface area contributed by atoms with Crippen molar-refractivity contribution in [3.63, 3.8) is 0 Å². The van der Waals surface area contributed by atoms with Gasteiger partial charge in [-0.3, -0.25) is 0 Å². The second-order valence-corrected chi connectivity index (χ2v) is 6.38. The lowest BCUT2D eigenvalue weighted by Crippen LogP contribution is -3.58. The molecule has 0 fully saturated rings. The smallest absolute Gasteiger partial charge is 0.485 e. The van der Waals surface area contributed by atoms with Crippen LogP contribution in [0.3, 0.4) is 0 Å². The molecule has 0 saturated carbocycles. The normalized spacial score (nSPS) is 10.9. The lowest BCUT2D eigenvalue weighted by atomic mass is 10.2. The summed E-state index contributed by atoms with van der Waals surface area (Å²) in [5, 5.41) is 8.75. The van der Waals surface area contributed by atoms with E-state index in [0.29, 0.717) is 3.57 Å². The van der Waals surface area contributed by atoms with Crippen molar-refractivity contribution in [2.75, 3.05) is 0 Å². The maximum absolute atomic E-state index is 10.7. The predicted molar refractivity (Wildman–Crippen MR) is 57.0 cm³/mol. The number of aromatic carboxylic acids is 1. The Bertz CT molecular complexity index is 657. The van der Waals surface area contributed by atoms with Gasteiger partial charge in [0.15, 0.2) is 13.4 Å². The Morgan fingerprint density at radius 2 is 1.86 bits per heavy atom. The molecule has 0 saturated heterocycles. The summed E-state index contributed by atoms with van der Waals surface area (Å²) >= 11 is -0.901. The monoisotopic (exact) mass is 439 g/mol. The van der Waals surface area contributed by atoms with Gasteiger partial charge in [-0.05, 0) is 12.1 Å². The van der Waals surface area contributed by atoms with E-state index < -0.39 is 43.1 Å². The first kappa shape index (κ1) is 19.4. The summed E-state index contributed by atoms with van der Waals surface area (Å²) < 4.78 is 62.9. The molecule has 116 valence electrons. The Balaban J connectivity index is 0.000000433. The standard InChI is InChI=1S/C7H4IN3O2.CHF3O3S/c9-11-10-8-6-4-2-1-3-5(6)7(12)13;2-1(3,4)8(5,6)7/h1-4H;(H,5,6,7). The summed E-state index contributed by atoms with van der Waals surface area (Å²) in [4.78, 5) is 13.3. The third-order valence-electron chi connectivity index (χ3n) is 1.55. The van der Waals surface area contributed by atoms with Crippen LogP contribution in [0.4, 0.5) is 13.2 Å². The van der Waals surface area contributed by atoms with Gasteiger partial charge in [-0.15, -0.1) is 0 Å². The van der Waals surface area contributed by atoms with Crippen LogP contribution in [-0.4, -0.2) is 29.6 Å². The van der Waals surface area contributed by atoms with Crippen molar-refractivity contribution >= 4 is 16.1 Å². The zero-order valence-electron chi connectivity index (χ0n) is 9.65. The molecular weight excluding hydrogens is 434 g/mol. The van der Waals surface area contributed by atoms with Crippen molar-refractivity contribution < 1.29 is 57.5 Å². The summed E-state index contributed by atoms with van der Waals surface area (Å²) in [5.74, 6) is -0.983. The van der Waals surface area contributed by atoms with Crippen LogP contribution in [0.15, 0.2) is 27.6 Å². The van der Waals surface area contributed by atoms with Crippen molar-refractivity contribution in [3.8, 4) is 0 Å². The molecule has 0 aliphatic rings. The highest BCUT2D eigenvalue weighted by molar-refractivity contribution is 7.86. The van der Waals surface area contributed by atoms with Crippen LogP contribution in [-0.2, 0) is 10.1 Å². The molecule has 0 amide bonds. The average molecular weight is 439 g/mol. The molecule has 1 rings (SSSR count). The third-order valence-corrected chi connectivity index (χ3v) is 3.99. The van der Waals surface area contributed by atoms with Gasteiger partial charge in [-0.25, -0.2) is 13.2 Å². The summed E-state index contributed by atoms with van der Waals surface area (Å²) in [6.45, 7) is 0. The van der Waals surface area contributed by atoms with E-state index in [1.807, 2.05) is 0 Å². The number of alkyl halides is 3. The van der Waals surface area contributed by atoms with Gasteiger partial charge in [0, 0.05) is 10.4 Å². The summed E-state index contributed by atoms with van der Waals surface area (Å²) in [5.41, 5.74) is 2.67. The van der Waals surface area contributed by atoms with E-state index in [0.717, 1.165) is 0 Å². The second-order valence-electron chi connectivity index (χ2n) is 2.93. The lowest BCUT2D eigenvalue weighted by molar-refractivity contribution is -0.636. The maximum Gasteiger partial charge on any atom is 0.485 e. The Morgan fingerprint density at radius 3 is 2.24 bits per heavy atom. The minimum absolute atomic E-state index is 0.225. The molecule has 1 aromatic carbocycles. The molecule has 21 heavy (non-hydrogen) atoms. The minimum Gasteiger partial charge on any atom is -0.741 e. The van der Waals surface area contributed by atoms with E-state index in [9.17, 15) is 18.0 Å². The van der Waals surface area contributed by atoms with Crippen molar-refractivity contribution in [2.24, 2.45) is 3.33 Å². The van der Waals surface area contributed by atoms with Crippen LogP contribution < -0.4 is 21.5 Å². The minimum atomic E-state index is -6.09. The highest BCUT2D eigenvalue weighted by Gasteiger charge is 2.36. The van der Waals surface area contributed by atoms with Gasteiger partial charge in [0.25, 0.3) is 0 Å². The Hall–Kier alpha value is -1.57. The molecule has 0 unspecified atom stereocenters. The summed E-state index contributed by atoms with van der Waals surface area (Å²) in [7, 11) is -6.09. The number of hydrogen-bond donors (Lipinski definition) is 1. The number of halogens is 4. The van der Waals surface area contributed by atoms with Crippen molar-refractivity contribution in [1.82, 2.24) is 0 Å². The number of azide groups is 1. The zero-order chi connectivity index (χ0) is 16.7. The van der Waals surface area contributed by atoms with Crippen LogP contribution in [0.1, 0.15) is 10.4 Å². The maximum atomic E-state index is 10.7. The molecule has 0 heterocycles. The molecule has 0 aliphatic heterocycles. The number of carbonyl (C=O) groups is 1. The van der Waals surface area contributed by atoms with E-state index in [1.165, 1.54) is 6.07 Å². The van der Waals surface area contributed by atoms with Gasteiger partial charge < -0.3 is 9.66 Å². The Kier molecular flexibility index (Phi) is 7.42. The van der Waals surface area contributed by atoms with Crippen molar-refractivity contribution in [3.05, 3.63) is 43.8 Å². The fourth-order valence-corrected chi connectivity index (χ4v) is 2.13. The van der Waals surface area contributed by atoms with Gasteiger partial charge in [0.05, 0.1) is 0 Å². The number of hydrogen-bond acceptors (Lipinski definition) is 5. The Morgan fingerprint density at radius 1 is 1.38 bits per heavy atom. The number of rotatable bonds is 3. The van der Waals surface area contributed by atoms with Crippen LogP contribution in [0.25, 0.3) is 10.4 Å². The van der Waals surface area contributed by atoms with E-state index in [-0.39, 0.29) is 5.56 Å². The van der Waals surface area contributed by atoms with Gasteiger partial charge >= 0.3 is 33.0 Å². The Labute approximate surface area is 126 Å². The van der Waals surface area contributed by atoms with Crippen LogP contribution in [0, 0.1) is 3.57 Å². The first-order chi connectivity index (χ1) is 9.50. The molecule has 0 bridgehead atoms. The molecule has 0 atom stereocenters. The quantitative estimate of drug-likeness (QED) is 0.159. The van der Waals surface area contributed by atoms with E-state index in [4.69, 9.17) is 23.6 Å². The van der Waals surface area contributed by atoms with Gasteiger partial charge in [0.1, 0.15) is 5.56 Å². The first-order valence-corrected chi connectivity index (χ1v) is 7.99. The number of nitrogens with zero attached hydrogens (tertiary/aromatic N) is 3. The topological polar surface area (TPSA) is 143 Å². The molecule has 1 N–H and O–H groups in total. The summed E-state index contributed by atoms with van der Waals surface area (Å²) in [6, 6.07) is 6.55. The number of carboxylic acid groups (broad SMARTS) is 1. The van der Waals surface area contributed by atoms with E-state index in [2.05, 4.69) is 8.24 Å². The highest BCUT2D eigenvalue weighted by atomic mass is 127. The van der Waals surface area contributed by atoms with Gasteiger partial charge in [0.2, 0.25) is 3.57 Å². The van der Waals surface area contributed by atoms with Gasteiger partial charge in [-0.1, -0.05) is 12.1 Å². The lowest BCUT2D eigenvalue weighted by Gasteiger charge is -2.08. The van der Waals surface area contributed by atoms with Crippen LogP contribution in [0.2, 0.25) is 0 Å². The fourth-order valence-electron chi connectivity index (χ4n) is 0.766.